The second-order valence-corrected chi connectivity index (χ2v) is 7.07. The van der Waals surface area contributed by atoms with Crippen molar-refractivity contribution in [2.75, 3.05) is 32.9 Å². The molecule has 0 spiro atoms. The van der Waals surface area contributed by atoms with Gasteiger partial charge in [0.25, 0.3) is 0 Å². The maximum Gasteiger partial charge on any atom is 0.334 e. The number of aliphatic carboxylic acids is 1. The quantitative estimate of drug-likeness (QED) is 0.841. The zero-order chi connectivity index (χ0) is 17.2. The van der Waals surface area contributed by atoms with Crippen molar-refractivity contribution in [2.24, 2.45) is 0 Å². The monoisotopic (exact) mass is 397 g/mol. The number of amides is 1. The van der Waals surface area contributed by atoms with E-state index in [4.69, 9.17) is 9.47 Å². The van der Waals surface area contributed by atoms with E-state index in [1.807, 2.05) is 24.3 Å². The predicted molar refractivity (Wildman–Crippen MR) is 89.8 cm³/mol. The second-order valence-electron chi connectivity index (χ2n) is 6.15. The molecule has 2 aliphatic heterocycles. The van der Waals surface area contributed by atoms with Gasteiger partial charge in [-0.2, -0.15) is 0 Å². The first-order valence-electron chi connectivity index (χ1n) is 8.00. The van der Waals surface area contributed by atoms with Crippen molar-refractivity contribution < 1.29 is 24.2 Å². The number of hydrogen-bond donors (Lipinski definition) is 1. The van der Waals surface area contributed by atoms with Crippen LogP contribution in [0.3, 0.4) is 0 Å². The smallest absolute Gasteiger partial charge is 0.334 e. The third-order valence-corrected chi connectivity index (χ3v) is 5.26. The lowest BCUT2D eigenvalue weighted by molar-refractivity contribution is -0.162. The third kappa shape index (κ3) is 3.34. The van der Waals surface area contributed by atoms with Crippen molar-refractivity contribution in [2.45, 2.75) is 24.4 Å². The molecule has 2 heterocycles. The topological polar surface area (TPSA) is 76.1 Å². The predicted octanol–water partition coefficient (Wildman–Crippen LogP) is 1.81. The fraction of sp³-hybridized carbons (Fsp3) is 0.529. The number of hydrogen-bond acceptors (Lipinski definition) is 4. The van der Waals surface area contributed by atoms with E-state index in [2.05, 4.69) is 15.9 Å². The molecule has 1 aromatic carbocycles. The molecule has 3 rings (SSSR count). The van der Waals surface area contributed by atoms with Crippen molar-refractivity contribution in [3.05, 3.63) is 34.3 Å². The van der Waals surface area contributed by atoms with Gasteiger partial charge in [0.15, 0.2) is 6.10 Å². The van der Waals surface area contributed by atoms with Crippen LogP contribution < -0.4 is 0 Å². The molecular weight excluding hydrogens is 378 g/mol. The first-order chi connectivity index (χ1) is 11.5. The van der Waals surface area contributed by atoms with Crippen LogP contribution in [0.2, 0.25) is 0 Å². The van der Waals surface area contributed by atoms with Gasteiger partial charge < -0.3 is 19.5 Å². The Morgan fingerprint density at radius 2 is 2.00 bits per heavy atom. The molecule has 7 heteroatoms. The van der Waals surface area contributed by atoms with Crippen molar-refractivity contribution in [1.82, 2.24) is 4.90 Å². The van der Waals surface area contributed by atoms with Crippen LogP contribution in [0.15, 0.2) is 28.7 Å². The van der Waals surface area contributed by atoms with Crippen LogP contribution >= 0.6 is 15.9 Å². The Hall–Kier alpha value is -1.44. The number of benzene rings is 1. The Kier molecular flexibility index (Phi) is 5.22. The Labute approximate surface area is 148 Å². The summed E-state index contributed by atoms with van der Waals surface area (Å²) in [7, 11) is 0. The Balaban J connectivity index is 1.91. The van der Waals surface area contributed by atoms with Crippen LogP contribution in [0.25, 0.3) is 0 Å². The summed E-state index contributed by atoms with van der Waals surface area (Å²) in [6, 6.07) is 7.78. The number of morpholine rings is 1. The lowest BCUT2D eigenvalue weighted by Crippen LogP contribution is -2.56. The number of ether oxygens (including phenoxy) is 2. The minimum Gasteiger partial charge on any atom is -0.479 e. The number of nitrogens with zero attached hydrogens (tertiary/aromatic N) is 1. The van der Waals surface area contributed by atoms with Crippen molar-refractivity contribution in [3.63, 3.8) is 0 Å². The lowest BCUT2D eigenvalue weighted by Gasteiger charge is -2.42. The second kappa shape index (κ2) is 7.21. The van der Waals surface area contributed by atoms with Crippen molar-refractivity contribution in [3.8, 4) is 0 Å². The molecule has 1 amide bonds. The number of halogens is 1. The number of rotatable bonds is 3. The summed E-state index contributed by atoms with van der Waals surface area (Å²) in [5.74, 6) is -1.06. The van der Waals surface area contributed by atoms with E-state index in [1.165, 1.54) is 0 Å². The van der Waals surface area contributed by atoms with Gasteiger partial charge in [0.1, 0.15) is 0 Å². The summed E-state index contributed by atoms with van der Waals surface area (Å²) in [6.07, 6.45) is 0.233. The minimum atomic E-state index is -1.03. The van der Waals surface area contributed by atoms with Gasteiger partial charge >= 0.3 is 5.97 Å². The van der Waals surface area contributed by atoms with Gasteiger partial charge in [-0.05, 0) is 30.5 Å². The van der Waals surface area contributed by atoms with Gasteiger partial charge in [0, 0.05) is 24.2 Å². The summed E-state index contributed by atoms with van der Waals surface area (Å²) in [6.45, 7) is 1.79. The molecular formula is C17H20BrNO5. The van der Waals surface area contributed by atoms with Crippen molar-refractivity contribution >= 4 is 27.8 Å². The molecule has 24 heavy (non-hydrogen) atoms. The van der Waals surface area contributed by atoms with E-state index in [0.29, 0.717) is 32.6 Å². The van der Waals surface area contributed by atoms with Gasteiger partial charge in [0.05, 0.1) is 18.6 Å². The minimum absolute atomic E-state index is 0.0292. The Bertz CT molecular complexity index is 629. The standard InChI is InChI=1S/C17H20BrNO5/c18-13-3-1-2-12(10-13)17(4-7-23-8-5-17)16(22)19-6-9-24-14(11-19)15(20)21/h1-3,10,14H,4-9,11H2,(H,20,21)/t14-/m1/s1. The summed E-state index contributed by atoms with van der Waals surface area (Å²) in [4.78, 5) is 26.2. The number of carbonyl (C=O) groups excluding carboxylic acids is 1. The molecule has 0 aliphatic carbocycles. The highest BCUT2D eigenvalue weighted by Gasteiger charge is 2.45. The molecule has 1 N–H and O–H groups in total. The van der Waals surface area contributed by atoms with Crippen LogP contribution in [0.1, 0.15) is 18.4 Å². The maximum absolute atomic E-state index is 13.4. The third-order valence-electron chi connectivity index (χ3n) is 4.76. The summed E-state index contributed by atoms with van der Waals surface area (Å²) in [5, 5.41) is 9.18. The summed E-state index contributed by atoms with van der Waals surface area (Å²) < 4.78 is 11.6. The van der Waals surface area contributed by atoms with Crippen molar-refractivity contribution in [1.29, 1.82) is 0 Å². The first kappa shape index (κ1) is 17.4. The zero-order valence-electron chi connectivity index (χ0n) is 13.2. The van der Waals surface area contributed by atoms with Crippen LogP contribution in [0.5, 0.6) is 0 Å². The first-order valence-corrected chi connectivity index (χ1v) is 8.80. The van der Waals surface area contributed by atoms with Gasteiger partial charge in [-0.1, -0.05) is 28.1 Å². The molecule has 2 aliphatic rings. The number of carboxylic acid groups (broad SMARTS) is 1. The van der Waals surface area contributed by atoms with Crippen LogP contribution in [0, 0.1) is 0 Å². The fourth-order valence-electron chi connectivity index (χ4n) is 3.42. The van der Waals surface area contributed by atoms with Gasteiger partial charge in [-0.3, -0.25) is 4.79 Å². The van der Waals surface area contributed by atoms with E-state index < -0.39 is 17.5 Å². The van der Waals surface area contributed by atoms with Gasteiger partial charge in [0.2, 0.25) is 5.91 Å². The highest BCUT2D eigenvalue weighted by atomic mass is 79.9. The summed E-state index contributed by atoms with van der Waals surface area (Å²) >= 11 is 3.47. The SMILES string of the molecule is O=C(O)[C@H]1CN(C(=O)C2(c3cccc(Br)c3)CCOCC2)CCO1. The van der Waals surface area contributed by atoms with E-state index in [1.54, 1.807) is 4.90 Å². The zero-order valence-corrected chi connectivity index (χ0v) is 14.8. The highest BCUT2D eigenvalue weighted by molar-refractivity contribution is 9.10. The fourth-order valence-corrected chi connectivity index (χ4v) is 3.82. The number of carboxylic acids is 1. The largest absolute Gasteiger partial charge is 0.479 e. The normalized spacial score (nSPS) is 23.7. The molecule has 130 valence electrons. The molecule has 0 aromatic heterocycles. The summed E-state index contributed by atoms with van der Waals surface area (Å²) in [5.41, 5.74) is 0.283. The van der Waals surface area contributed by atoms with Crippen LogP contribution in [-0.2, 0) is 24.5 Å². The van der Waals surface area contributed by atoms with E-state index >= 15 is 0 Å². The average Bonchev–Trinajstić information content (AvgIpc) is 2.61. The average molecular weight is 398 g/mol. The number of carbonyl (C=O) groups is 2. The van der Waals surface area contributed by atoms with Crippen LogP contribution in [0.4, 0.5) is 0 Å². The molecule has 0 bridgehead atoms. The molecule has 2 fully saturated rings. The lowest BCUT2D eigenvalue weighted by atomic mass is 9.73. The van der Waals surface area contributed by atoms with Crippen LogP contribution in [-0.4, -0.2) is 60.9 Å². The van der Waals surface area contributed by atoms with E-state index in [9.17, 15) is 14.7 Å². The van der Waals surface area contributed by atoms with E-state index in [-0.39, 0.29) is 19.1 Å². The van der Waals surface area contributed by atoms with Gasteiger partial charge in [-0.25, -0.2) is 4.79 Å². The molecule has 0 unspecified atom stereocenters. The molecule has 0 radical (unpaired) electrons. The maximum atomic E-state index is 13.4. The highest BCUT2D eigenvalue weighted by Crippen LogP contribution is 2.38. The Morgan fingerprint density at radius 3 is 2.67 bits per heavy atom. The molecule has 0 saturated carbocycles. The molecule has 2 saturated heterocycles. The van der Waals surface area contributed by atoms with E-state index in [0.717, 1.165) is 10.0 Å². The van der Waals surface area contributed by atoms with Gasteiger partial charge in [-0.15, -0.1) is 0 Å². The Morgan fingerprint density at radius 1 is 1.25 bits per heavy atom. The molecule has 1 aromatic rings. The molecule has 6 nitrogen and oxygen atoms in total. The molecule has 1 atom stereocenters.